The summed E-state index contributed by atoms with van der Waals surface area (Å²) in [4.78, 5) is 24.5. The van der Waals surface area contributed by atoms with Crippen molar-refractivity contribution in [1.29, 1.82) is 0 Å². The third-order valence-electron chi connectivity index (χ3n) is 13.5. The monoisotopic (exact) mass is 916 g/mol. The number of hydrogen-bond acceptors (Lipinski definition) is 5. The highest BCUT2D eigenvalue weighted by Gasteiger charge is 2.20. The number of aliphatic hydroxyl groups is 2. The molecular weight excluding hydrogens is 803 g/mol. The highest BCUT2D eigenvalue weighted by molar-refractivity contribution is 5.76. The van der Waals surface area contributed by atoms with Gasteiger partial charge >= 0.3 is 5.97 Å². The van der Waals surface area contributed by atoms with Gasteiger partial charge in [0.05, 0.1) is 25.4 Å². The molecule has 0 rings (SSSR count). The van der Waals surface area contributed by atoms with Gasteiger partial charge in [0.25, 0.3) is 0 Å². The van der Waals surface area contributed by atoms with E-state index < -0.39 is 12.1 Å². The number of amides is 1. The van der Waals surface area contributed by atoms with Crippen molar-refractivity contribution in [3.63, 3.8) is 0 Å². The Kier molecular flexibility index (Phi) is 53.5. The largest absolute Gasteiger partial charge is 0.466 e. The number of esters is 1. The van der Waals surface area contributed by atoms with Crippen LogP contribution in [0, 0.1) is 0 Å². The zero-order chi connectivity index (χ0) is 47.2. The molecule has 65 heavy (non-hydrogen) atoms. The number of nitrogens with one attached hydrogen (secondary N) is 1. The van der Waals surface area contributed by atoms with E-state index in [-0.39, 0.29) is 18.5 Å². The molecule has 2 unspecified atom stereocenters. The number of allylic oxidation sites excluding steroid dienone is 4. The van der Waals surface area contributed by atoms with Crippen molar-refractivity contribution in [3.8, 4) is 0 Å². The molecule has 1 amide bonds. The lowest BCUT2D eigenvalue weighted by Crippen LogP contribution is -2.45. The topological polar surface area (TPSA) is 95.9 Å². The van der Waals surface area contributed by atoms with Gasteiger partial charge in [0.15, 0.2) is 0 Å². The van der Waals surface area contributed by atoms with Crippen LogP contribution in [-0.4, -0.2) is 47.4 Å². The normalized spacial score (nSPS) is 12.7. The summed E-state index contributed by atoms with van der Waals surface area (Å²) in [5, 5.41) is 23.3. The molecule has 0 spiro atoms. The molecule has 384 valence electrons. The molecule has 0 saturated heterocycles. The van der Waals surface area contributed by atoms with Gasteiger partial charge in [0.1, 0.15) is 0 Å². The number of rotatable bonds is 54. The lowest BCUT2D eigenvalue weighted by atomic mass is 10.0. The molecule has 0 radical (unpaired) electrons. The van der Waals surface area contributed by atoms with Crippen molar-refractivity contribution in [2.75, 3.05) is 13.2 Å². The molecule has 0 saturated carbocycles. The van der Waals surface area contributed by atoms with Crippen LogP contribution in [0.3, 0.4) is 0 Å². The van der Waals surface area contributed by atoms with Gasteiger partial charge in [-0.15, -0.1) is 0 Å². The van der Waals surface area contributed by atoms with Crippen LogP contribution in [0.2, 0.25) is 0 Å². The lowest BCUT2D eigenvalue weighted by molar-refractivity contribution is -0.143. The van der Waals surface area contributed by atoms with Crippen molar-refractivity contribution in [3.05, 3.63) is 24.3 Å². The van der Waals surface area contributed by atoms with Crippen molar-refractivity contribution in [1.82, 2.24) is 5.32 Å². The van der Waals surface area contributed by atoms with Gasteiger partial charge in [0.2, 0.25) is 5.91 Å². The third-order valence-corrected chi connectivity index (χ3v) is 13.5. The van der Waals surface area contributed by atoms with Crippen molar-refractivity contribution in [2.24, 2.45) is 0 Å². The first-order chi connectivity index (χ1) is 32.0. The van der Waals surface area contributed by atoms with E-state index in [0.29, 0.717) is 25.9 Å². The zero-order valence-corrected chi connectivity index (χ0v) is 43.7. The van der Waals surface area contributed by atoms with Crippen LogP contribution in [0.4, 0.5) is 0 Å². The summed E-state index contributed by atoms with van der Waals surface area (Å²) in [6.07, 6.45) is 65.9. The van der Waals surface area contributed by atoms with E-state index in [1.165, 1.54) is 225 Å². The Morgan fingerprint density at radius 1 is 0.415 bits per heavy atom. The summed E-state index contributed by atoms with van der Waals surface area (Å²) in [5.74, 6) is -0.0542. The van der Waals surface area contributed by atoms with Crippen LogP contribution >= 0.6 is 0 Å². The zero-order valence-electron chi connectivity index (χ0n) is 43.7. The van der Waals surface area contributed by atoms with Crippen molar-refractivity contribution >= 4 is 11.9 Å². The molecule has 0 aromatic heterocycles. The third kappa shape index (κ3) is 51.6. The molecule has 0 heterocycles. The number of carbonyl (C=O) groups is 2. The summed E-state index contributed by atoms with van der Waals surface area (Å²) in [5.41, 5.74) is 0. The number of unbranched alkanes of at least 4 members (excludes halogenated alkanes) is 39. The quantitative estimate of drug-likeness (QED) is 0.0321. The van der Waals surface area contributed by atoms with Crippen LogP contribution in [0.15, 0.2) is 24.3 Å². The molecule has 6 heteroatoms. The minimum Gasteiger partial charge on any atom is -0.466 e. The Balaban J connectivity index is 3.46. The standard InChI is InChI=1S/C59H113NO5/c1-3-5-7-9-11-13-15-17-18-19-22-25-28-31-35-39-43-47-51-57(62)56(55-61)60-58(63)52-48-44-40-36-32-29-26-23-20-21-24-27-30-34-38-42-46-50-54-65-59(64)53-49-45-41-37-33-16-14-12-10-8-6-4-2/h12,14,23,26,56-57,61-62H,3-11,13,15-22,24-25,27-55H2,1-2H3,(H,60,63)/b14-12-,26-23-. The summed E-state index contributed by atoms with van der Waals surface area (Å²) in [6.45, 7) is 4.92. The van der Waals surface area contributed by atoms with E-state index in [4.69, 9.17) is 4.74 Å². The van der Waals surface area contributed by atoms with Crippen LogP contribution in [0.25, 0.3) is 0 Å². The molecule has 0 aliphatic heterocycles. The summed E-state index contributed by atoms with van der Waals surface area (Å²) in [7, 11) is 0. The second-order valence-corrected chi connectivity index (χ2v) is 20.0. The minimum absolute atomic E-state index is 0.00687. The Bertz CT molecular complexity index is 1010. The molecule has 2 atom stereocenters. The molecule has 0 aromatic rings. The number of ether oxygens (including phenoxy) is 1. The van der Waals surface area contributed by atoms with Crippen LogP contribution in [-0.2, 0) is 14.3 Å². The molecule has 0 aliphatic carbocycles. The van der Waals surface area contributed by atoms with Gasteiger partial charge < -0.3 is 20.3 Å². The maximum Gasteiger partial charge on any atom is 0.305 e. The summed E-state index contributed by atoms with van der Waals surface area (Å²) >= 11 is 0. The minimum atomic E-state index is -0.673. The molecule has 0 fully saturated rings. The molecule has 0 aromatic carbocycles. The van der Waals surface area contributed by atoms with E-state index in [9.17, 15) is 19.8 Å². The van der Waals surface area contributed by atoms with Crippen LogP contribution in [0.1, 0.15) is 316 Å². The van der Waals surface area contributed by atoms with E-state index in [1.807, 2.05) is 0 Å². The maximum absolute atomic E-state index is 12.5. The van der Waals surface area contributed by atoms with E-state index in [2.05, 4.69) is 43.5 Å². The fourth-order valence-electron chi connectivity index (χ4n) is 8.98. The van der Waals surface area contributed by atoms with Gasteiger partial charge in [-0.2, -0.15) is 0 Å². The van der Waals surface area contributed by atoms with Gasteiger partial charge in [-0.25, -0.2) is 0 Å². The predicted molar refractivity (Wildman–Crippen MR) is 283 cm³/mol. The first kappa shape index (κ1) is 63.3. The van der Waals surface area contributed by atoms with Crippen LogP contribution in [0.5, 0.6) is 0 Å². The second kappa shape index (κ2) is 54.9. The molecule has 0 bridgehead atoms. The summed E-state index contributed by atoms with van der Waals surface area (Å²) in [6, 6.07) is -0.552. The van der Waals surface area contributed by atoms with Crippen molar-refractivity contribution in [2.45, 2.75) is 328 Å². The second-order valence-electron chi connectivity index (χ2n) is 20.0. The predicted octanol–water partition coefficient (Wildman–Crippen LogP) is 17.9. The van der Waals surface area contributed by atoms with E-state index in [1.54, 1.807) is 0 Å². The van der Waals surface area contributed by atoms with E-state index >= 15 is 0 Å². The van der Waals surface area contributed by atoms with Gasteiger partial charge in [-0.1, -0.05) is 250 Å². The Morgan fingerprint density at radius 2 is 0.723 bits per heavy atom. The Labute approximate surface area is 405 Å². The fraction of sp³-hybridized carbons (Fsp3) is 0.898. The molecule has 3 N–H and O–H groups in total. The highest BCUT2D eigenvalue weighted by Crippen LogP contribution is 2.17. The summed E-state index contributed by atoms with van der Waals surface area (Å²) < 4.78 is 5.45. The number of hydrogen-bond donors (Lipinski definition) is 3. The Hall–Kier alpha value is -1.66. The Morgan fingerprint density at radius 3 is 1.12 bits per heavy atom. The van der Waals surface area contributed by atoms with Crippen LogP contribution < -0.4 is 5.32 Å². The first-order valence-corrected chi connectivity index (χ1v) is 29.1. The molecular formula is C59H113NO5. The maximum atomic E-state index is 12.5. The lowest BCUT2D eigenvalue weighted by Gasteiger charge is -2.22. The van der Waals surface area contributed by atoms with Crippen molar-refractivity contribution < 1.29 is 24.5 Å². The molecule has 0 aliphatic rings. The number of aliphatic hydroxyl groups excluding tert-OH is 2. The number of carbonyl (C=O) groups excluding carboxylic acids is 2. The first-order valence-electron chi connectivity index (χ1n) is 29.1. The van der Waals surface area contributed by atoms with Gasteiger partial charge in [-0.3, -0.25) is 9.59 Å². The highest BCUT2D eigenvalue weighted by atomic mass is 16.5. The fourth-order valence-corrected chi connectivity index (χ4v) is 8.98. The van der Waals surface area contributed by atoms with E-state index in [0.717, 1.165) is 57.8 Å². The smallest absolute Gasteiger partial charge is 0.305 e. The average Bonchev–Trinajstić information content (AvgIpc) is 3.31. The molecule has 6 nitrogen and oxygen atoms in total. The van der Waals surface area contributed by atoms with Gasteiger partial charge in [0, 0.05) is 12.8 Å². The SMILES string of the molecule is CCCCC/C=C\CCCCCCCC(=O)OCCCCCCCCCCC/C=C\CCCCCCCC(=O)NC(CO)C(O)CCCCCCCCCCCCCCCCCCCC. The average molecular weight is 917 g/mol. The van der Waals surface area contributed by atoms with Gasteiger partial charge in [-0.05, 0) is 77.0 Å².